The molecule has 1 aromatic carbocycles. The van der Waals surface area contributed by atoms with Gasteiger partial charge in [-0.25, -0.2) is 4.98 Å². The smallest absolute Gasteiger partial charge is 0.267 e. The number of Topliss-reactive ketones (excluding diaryl/α,β-unsaturated/α-hetero) is 1. The van der Waals surface area contributed by atoms with Crippen LogP contribution in [-0.2, 0) is 14.3 Å². The molecule has 216 valence electrons. The van der Waals surface area contributed by atoms with Crippen molar-refractivity contribution in [3.05, 3.63) is 69.3 Å². The molecule has 0 spiro atoms. The third-order valence-electron chi connectivity index (χ3n) is 8.61. The number of carbonyl (C=O) groups excluding carboxylic acids is 3. The van der Waals surface area contributed by atoms with E-state index in [1.54, 1.807) is 14.0 Å². The molecule has 1 aliphatic carbocycles. The highest BCUT2D eigenvalue weighted by Crippen LogP contribution is 2.55. The van der Waals surface area contributed by atoms with Crippen molar-refractivity contribution in [2.45, 2.75) is 73.3 Å². The monoisotopic (exact) mass is 557 g/mol. The number of primary amides is 1. The molecule has 0 unspecified atom stereocenters. The van der Waals surface area contributed by atoms with E-state index in [9.17, 15) is 14.4 Å². The van der Waals surface area contributed by atoms with Gasteiger partial charge in [-0.1, -0.05) is 33.8 Å². The van der Waals surface area contributed by atoms with E-state index in [4.69, 9.17) is 15.2 Å². The third kappa shape index (κ3) is 4.53. The van der Waals surface area contributed by atoms with Gasteiger partial charge in [0.15, 0.2) is 5.78 Å². The predicted molar refractivity (Wildman–Crippen MR) is 156 cm³/mol. The van der Waals surface area contributed by atoms with Gasteiger partial charge >= 0.3 is 0 Å². The maximum absolute atomic E-state index is 14.2. The van der Waals surface area contributed by atoms with Gasteiger partial charge < -0.3 is 20.1 Å². The average molecular weight is 558 g/mol. The van der Waals surface area contributed by atoms with Crippen LogP contribution >= 0.6 is 0 Å². The molecule has 2 amide bonds. The lowest BCUT2D eigenvalue weighted by atomic mass is 9.68. The Kier molecular flexibility index (Phi) is 7.08. The van der Waals surface area contributed by atoms with Crippen LogP contribution in [0.1, 0.15) is 80.6 Å². The molecule has 5 rings (SSSR count). The highest BCUT2D eigenvalue weighted by molar-refractivity contribution is 6.07. The number of rotatable bonds is 6. The van der Waals surface area contributed by atoms with Gasteiger partial charge in [0.1, 0.15) is 23.0 Å². The van der Waals surface area contributed by atoms with Crippen LogP contribution in [0.5, 0.6) is 5.75 Å². The molecule has 0 bridgehead atoms. The third-order valence-corrected chi connectivity index (χ3v) is 8.61. The molecule has 3 aliphatic rings. The van der Waals surface area contributed by atoms with Gasteiger partial charge in [0, 0.05) is 36.1 Å². The highest BCUT2D eigenvalue weighted by Gasteiger charge is 2.53. The fourth-order valence-electron chi connectivity index (χ4n) is 6.77. The van der Waals surface area contributed by atoms with Crippen LogP contribution in [-0.4, -0.2) is 47.2 Å². The van der Waals surface area contributed by atoms with Crippen LogP contribution in [0.3, 0.4) is 0 Å². The minimum absolute atomic E-state index is 0.0204. The first-order chi connectivity index (χ1) is 19.3. The molecular formula is C33H39N3O5. The molecule has 0 saturated heterocycles. The predicted octanol–water partition coefficient (Wildman–Crippen LogP) is 5.37. The molecule has 2 atom stereocenters. The summed E-state index contributed by atoms with van der Waals surface area (Å²) in [4.78, 5) is 46.6. The van der Waals surface area contributed by atoms with E-state index in [2.05, 4.69) is 32.7 Å². The number of aryl methyl sites for hydroxylation is 1. The van der Waals surface area contributed by atoms with Gasteiger partial charge in [-0.05, 0) is 61.4 Å². The number of carbonyl (C=O) groups is 3. The molecule has 8 heteroatoms. The summed E-state index contributed by atoms with van der Waals surface area (Å²) < 4.78 is 12.5. The van der Waals surface area contributed by atoms with Crippen molar-refractivity contribution in [1.29, 1.82) is 0 Å². The molecule has 41 heavy (non-hydrogen) atoms. The number of nitrogens with zero attached hydrogens (tertiary/aromatic N) is 2. The van der Waals surface area contributed by atoms with E-state index in [0.29, 0.717) is 59.1 Å². The standard InChI is InChI=1S/C33H39N3O5/c1-9-36-29(16(2)3)30-27(32(36)39)26(25-21(37)14-33(6,7)15-23(25)41-30)24-18(5)19(11-13-22(24)40-8)20-12-10-17(4)28(35-20)31(34)38/h10-13,16,26,29H,9,14-15H2,1-8H3,(H2,34,38)/t26-,29+/m0/s1. The number of hydrogen-bond donors (Lipinski definition) is 1. The number of ketones is 1. The van der Waals surface area contributed by atoms with Gasteiger partial charge in [0.25, 0.3) is 11.8 Å². The second kappa shape index (κ2) is 10.2. The summed E-state index contributed by atoms with van der Waals surface area (Å²) in [5.74, 6) is 0.565. The molecule has 3 heterocycles. The first-order valence-electron chi connectivity index (χ1n) is 14.3. The number of nitrogens with two attached hydrogens (primary N) is 1. The van der Waals surface area contributed by atoms with Crippen molar-refractivity contribution in [2.24, 2.45) is 17.1 Å². The second-order valence-electron chi connectivity index (χ2n) is 12.5. The lowest BCUT2D eigenvalue weighted by Gasteiger charge is -2.39. The number of amides is 2. The first kappa shape index (κ1) is 28.6. The van der Waals surface area contributed by atoms with Crippen molar-refractivity contribution < 1.29 is 23.9 Å². The van der Waals surface area contributed by atoms with E-state index in [1.807, 2.05) is 43.0 Å². The van der Waals surface area contributed by atoms with E-state index >= 15 is 0 Å². The van der Waals surface area contributed by atoms with Crippen molar-refractivity contribution >= 4 is 17.6 Å². The van der Waals surface area contributed by atoms with Crippen molar-refractivity contribution in [3.63, 3.8) is 0 Å². The maximum Gasteiger partial charge on any atom is 0.267 e. The summed E-state index contributed by atoms with van der Waals surface area (Å²) in [6.45, 7) is 14.5. The number of likely N-dealkylation sites (N-methyl/N-ethyl adjacent to an activating group) is 1. The van der Waals surface area contributed by atoms with Crippen LogP contribution in [0, 0.1) is 25.2 Å². The lowest BCUT2D eigenvalue weighted by Crippen LogP contribution is -2.39. The van der Waals surface area contributed by atoms with E-state index in [1.165, 1.54) is 0 Å². The van der Waals surface area contributed by atoms with Crippen LogP contribution in [0.25, 0.3) is 11.3 Å². The van der Waals surface area contributed by atoms with Crippen LogP contribution in [0.15, 0.2) is 46.9 Å². The van der Waals surface area contributed by atoms with Crippen molar-refractivity contribution in [2.75, 3.05) is 13.7 Å². The number of hydrogen-bond acceptors (Lipinski definition) is 6. The Bertz CT molecular complexity index is 1550. The van der Waals surface area contributed by atoms with Crippen LogP contribution < -0.4 is 10.5 Å². The van der Waals surface area contributed by atoms with Crippen LogP contribution in [0.4, 0.5) is 0 Å². The highest BCUT2D eigenvalue weighted by atomic mass is 16.5. The topological polar surface area (TPSA) is 112 Å². The van der Waals surface area contributed by atoms with Gasteiger partial charge in [0.2, 0.25) is 0 Å². The quantitative estimate of drug-likeness (QED) is 0.511. The number of allylic oxidation sites excluding steroid dienone is 2. The Labute approximate surface area is 241 Å². The fraction of sp³-hybridized carbons (Fsp3) is 0.455. The molecule has 0 fully saturated rings. The fourth-order valence-corrected chi connectivity index (χ4v) is 6.77. The Hall–Kier alpha value is -3.94. The number of aromatic nitrogens is 1. The summed E-state index contributed by atoms with van der Waals surface area (Å²) in [6, 6.07) is 7.17. The van der Waals surface area contributed by atoms with E-state index < -0.39 is 11.8 Å². The Balaban J connectivity index is 1.81. The lowest BCUT2D eigenvalue weighted by molar-refractivity contribution is -0.127. The molecular weight excluding hydrogens is 518 g/mol. The molecule has 2 aromatic rings. The number of ether oxygens (including phenoxy) is 2. The zero-order chi connectivity index (χ0) is 30.0. The zero-order valence-corrected chi connectivity index (χ0v) is 25.2. The van der Waals surface area contributed by atoms with Crippen molar-refractivity contribution in [1.82, 2.24) is 9.88 Å². The number of pyridine rings is 1. The summed E-state index contributed by atoms with van der Waals surface area (Å²) in [7, 11) is 1.59. The largest absolute Gasteiger partial charge is 0.496 e. The van der Waals surface area contributed by atoms with Gasteiger partial charge in [-0.2, -0.15) is 0 Å². The molecule has 8 nitrogen and oxygen atoms in total. The van der Waals surface area contributed by atoms with Gasteiger partial charge in [-0.3, -0.25) is 14.4 Å². The summed E-state index contributed by atoms with van der Waals surface area (Å²) in [5.41, 5.74) is 10.2. The minimum Gasteiger partial charge on any atom is -0.496 e. The summed E-state index contributed by atoms with van der Waals surface area (Å²) in [6.07, 6.45) is 0.950. The normalized spacial score (nSPS) is 21.7. The molecule has 1 aromatic heterocycles. The SMILES string of the molecule is CCN1C(=O)C2=C(OC3=C(C(=O)CC(C)(C)C3)[C@@H]2c2c(OC)ccc(-c3ccc(C)c(C(N)=O)n3)c2C)[C@H]1C(C)C. The van der Waals surface area contributed by atoms with Gasteiger partial charge in [0.05, 0.1) is 30.3 Å². The molecule has 0 radical (unpaired) electrons. The summed E-state index contributed by atoms with van der Waals surface area (Å²) in [5, 5.41) is 0. The second-order valence-corrected chi connectivity index (χ2v) is 12.5. The zero-order valence-electron chi connectivity index (χ0n) is 25.2. The first-order valence-corrected chi connectivity index (χ1v) is 14.3. The minimum atomic E-state index is -0.654. The average Bonchev–Trinajstić information content (AvgIpc) is 3.18. The van der Waals surface area contributed by atoms with Gasteiger partial charge in [-0.15, -0.1) is 0 Å². The number of methoxy groups -OCH3 is 1. The number of benzene rings is 1. The van der Waals surface area contributed by atoms with E-state index in [-0.39, 0.29) is 34.8 Å². The van der Waals surface area contributed by atoms with Crippen molar-refractivity contribution in [3.8, 4) is 17.0 Å². The molecule has 2 aliphatic heterocycles. The summed E-state index contributed by atoms with van der Waals surface area (Å²) >= 11 is 0. The Morgan fingerprint density at radius 3 is 2.46 bits per heavy atom. The maximum atomic E-state index is 14.2. The molecule has 0 saturated carbocycles. The molecule has 2 N–H and O–H groups in total. The van der Waals surface area contributed by atoms with Crippen LogP contribution in [0.2, 0.25) is 0 Å². The Morgan fingerprint density at radius 2 is 1.85 bits per heavy atom. The van der Waals surface area contributed by atoms with E-state index in [0.717, 1.165) is 16.7 Å². The Morgan fingerprint density at radius 1 is 1.15 bits per heavy atom.